The molecule has 0 saturated carbocycles. The molecule has 10 heteroatoms. The van der Waals surface area contributed by atoms with Crippen molar-refractivity contribution in [1.29, 1.82) is 0 Å². The first kappa shape index (κ1) is 24.2. The summed E-state index contributed by atoms with van der Waals surface area (Å²) in [5, 5.41) is 0. The summed E-state index contributed by atoms with van der Waals surface area (Å²) in [6.45, 7) is 0.403. The number of carbonyl (C=O) groups excluding carboxylic acids is 2. The molecule has 0 fully saturated rings. The first-order valence-corrected chi connectivity index (χ1v) is 12.3. The van der Waals surface area contributed by atoms with Gasteiger partial charge >= 0.3 is 0 Å². The van der Waals surface area contributed by atoms with Crippen molar-refractivity contribution in [1.82, 2.24) is 15.2 Å². The summed E-state index contributed by atoms with van der Waals surface area (Å²) in [5.41, 5.74) is 6.90. The molecule has 0 bridgehead atoms. The van der Waals surface area contributed by atoms with Crippen LogP contribution in [0.25, 0.3) is 0 Å². The maximum atomic E-state index is 13.1. The highest BCUT2D eigenvalue weighted by Crippen LogP contribution is 2.25. The molecule has 0 aromatic heterocycles. The van der Waals surface area contributed by atoms with Gasteiger partial charge in [0.25, 0.3) is 11.8 Å². The molecule has 1 aliphatic heterocycles. The van der Waals surface area contributed by atoms with E-state index in [0.29, 0.717) is 31.0 Å². The van der Waals surface area contributed by atoms with Crippen molar-refractivity contribution >= 4 is 21.8 Å². The predicted octanol–water partition coefficient (Wildman–Crippen LogP) is 2.28. The van der Waals surface area contributed by atoms with Crippen LogP contribution in [0.15, 0.2) is 77.7 Å². The summed E-state index contributed by atoms with van der Waals surface area (Å²) in [6.07, 6.45) is 0.651. The molecule has 2 N–H and O–H groups in total. The van der Waals surface area contributed by atoms with E-state index >= 15 is 0 Å². The van der Waals surface area contributed by atoms with Gasteiger partial charge in [0, 0.05) is 18.7 Å². The molecule has 182 valence electrons. The van der Waals surface area contributed by atoms with Gasteiger partial charge in [0.15, 0.2) is 6.61 Å². The highest BCUT2D eigenvalue weighted by molar-refractivity contribution is 7.89. The molecule has 0 saturated heterocycles. The molecule has 0 unspecified atom stereocenters. The van der Waals surface area contributed by atoms with E-state index in [-0.39, 0.29) is 17.1 Å². The van der Waals surface area contributed by atoms with E-state index in [2.05, 4.69) is 10.9 Å². The van der Waals surface area contributed by atoms with Crippen LogP contribution in [0, 0.1) is 0 Å². The van der Waals surface area contributed by atoms with Crippen LogP contribution in [-0.4, -0.2) is 44.8 Å². The van der Waals surface area contributed by atoms with Crippen molar-refractivity contribution in [2.24, 2.45) is 0 Å². The average Bonchev–Trinajstić information content (AvgIpc) is 2.90. The van der Waals surface area contributed by atoms with E-state index in [9.17, 15) is 18.0 Å². The number of hydrogen-bond donors (Lipinski definition) is 2. The first-order valence-electron chi connectivity index (χ1n) is 10.9. The lowest BCUT2D eigenvalue weighted by Crippen LogP contribution is -2.43. The summed E-state index contributed by atoms with van der Waals surface area (Å²) in [4.78, 5) is 24.4. The highest BCUT2D eigenvalue weighted by Gasteiger charge is 2.28. The van der Waals surface area contributed by atoms with Gasteiger partial charge in [-0.05, 0) is 66.1 Å². The smallest absolute Gasteiger partial charge is 0.276 e. The molecule has 0 radical (unpaired) electrons. The number of hydrogen-bond acceptors (Lipinski definition) is 6. The summed E-state index contributed by atoms with van der Waals surface area (Å²) in [7, 11) is -2.16. The molecule has 4 rings (SSSR count). The molecule has 3 aromatic carbocycles. The molecule has 35 heavy (non-hydrogen) atoms. The number of carbonyl (C=O) groups is 2. The Morgan fingerprint density at radius 2 is 1.54 bits per heavy atom. The van der Waals surface area contributed by atoms with Crippen molar-refractivity contribution in [3.63, 3.8) is 0 Å². The third kappa shape index (κ3) is 5.79. The third-order valence-electron chi connectivity index (χ3n) is 5.59. The van der Waals surface area contributed by atoms with Gasteiger partial charge in [-0.3, -0.25) is 20.4 Å². The zero-order chi connectivity index (χ0) is 24.8. The Morgan fingerprint density at radius 3 is 2.23 bits per heavy atom. The van der Waals surface area contributed by atoms with Gasteiger partial charge in [-0.15, -0.1) is 0 Å². The summed E-state index contributed by atoms with van der Waals surface area (Å²) in [6, 6.07) is 20.1. The van der Waals surface area contributed by atoms with E-state index < -0.39 is 21.8 Å². The van der Waals surface area contributed by atoms with Crippen molar-refractivity contribution in [2.75, 3.05) is 20.3 Å². The zero-order valence-corrected chi connectivity index (χ0v) is 19.9. The van der Waals surface area contributed by atoms with Crippen LogP contribution in [0.4, 0.5) is 0 Å². The number of methoxy groups -OCH3 is 1. The number of amides is 2. The van der Waals surface area contributed by atoms with E-state index in [1.165, 1.54) is 28.6 Å². The summed E-state index contributed by atoms with van der Waals surface area (Å²) < 4.78 is 38.0. The van der Waals surface area contributed by atoms with E-state index in [1.54, 1.807) is 31.4 Å². The summed E-state index contributed by atoms with van der Waals surface area (Å²) in [5.74, 6) is -0.00666. The van der Waals surface area contributed by atoms with Gasteiger partial charge in [-0.25, -0.2) is 8.42 Å². The molecule has 1 heterocycles. The molecule has 3 aromatic rings. The fourth-order valence-corrected chi connectivity index (χ4v) is 5.08. The van der Waals surface area contributed by atoms with Crippen molar-refractivity contribution in [3.8, 4) is 11.5 Å². The van der Waals surface area contributed by atoms with E-state index in [0.717, 1.165) is 11.1 Å². The number of fused-ring (bicyclic) bond motifs is 1. The number of ether oxygens (including phenoxy) is 2. The average molecular weight is 496 g/mol. The Bertz CT molecular complexity index is 1310. The fraction of sp³-hybridized carbons (Fsp3) is 0.200. The minimum absolute atomic E-state index is 0.102. The van der Waals surface area contributed by atoms with E-state index in [4.69, 9.17) is 9.47 Å². The minimum Gasteiger partial charge on any atom is -0.497 e. The van der Waals surface area contributed by atoms with Gasteiger partial charge < -0.3 is 9.47 Å². The van der Waals surface area contributed by atoms with Crippen molar-refractivity contribution < 1.29 is 27.5 Å². The maximum absolute atomic E-state index is 13.1. The molecule has 0 atom stereocenters. The van der Waals surface area contributed by atoms with Crippen LogP contribution in [0.1, 0.15) is 21.5 Å². The van der Waals surface area contributed by atoms with Crippen LogP contribution in [0.2, 0.25) is 0 Å². The molecule has 0 aliphatic carbocycles. The topological polar surface area (TPSA) is 114 Å². The number of benzene rings is 3. The second-order valence-electron chi connectivity index (χ2n) is 7.85. The van der Waals surface area contributed by atoms with Gasteiger partial charge in [-0.2, -0.15) is 4.31 Å². The zero-order valence-electron chi connectivity index (χ0n) is 19.1. The Kier molecular flexibility index (Phi) is 7.33. The van der Waals surface area contributed by atoms with Crippen molar-refractivity contribution in [2.45, 2.75) is 17.9 Å². The lowest BCUT2D eigenvalue weighted by molar-refractivity contribution is -0.123. The molecule has 9 nitrogen and oxygen atoms in total. The summed E-state index contributed by atoms with van der Waals surface area (Å²) >= 11 is 0. The molecule has 0 spiro atoms. The Hall–Kier alpha value is -3.89. The van der Waals surface area contributed by atoms with Gasteiger partial charge in [-0.1, -0.05) is 24.3 Å². The van der Waals surface area contributed by atoms with Gasteiger partial charge in [0.05, 0.1) is 12.0 Å². The Labute approximate surface area is 203 Å². The monoisotopic (exact) mass is 495 g/mol. The quantitative estimate of drug-likeness (QED) is 0.486. The van der Waals surface area contributed by atoms with E-state index in [1.807, 2.05) is 24.3 Å². The maximum Gasteiger partial charge on any atom is 0.276 e. The van der Waals surface area contributed by atoms with Crippen molar-refractivity contribution in [3.05, 3.63) is 89.5 Å². The van der Waals surface area contributed by atoms with Gasteiger partial charge in [0.2, 0.25) is 10.0 Å². The number of sulfonamides is 1. The Balaban J connectivity index is 1.30. The largest absolute Gasteiger partial charge is 0.497 e. The van der Waals surface area contributed by atoms with Crippen LogP contribution in [0.3, 0.4) is 0 Å². The van der Waals surface area contributed by atoms with Crippen LogP contribution >= 0.6 is 0 Å². The predicted molar refractivity (Wildman–Crippen MR) is 128 cm³/mol. The number of hydrazine groups is 1. The van der Waals surface area contributed by atoms with Crippen LogP contribution in [-0.2, 0) is 27.8 Å². The SMILES string of the molecule is COc1ccc(OCC(=O)NNC(=O)c2ccc(S(=O)(=O)N3CCc4ccccc4C3)cc2)cc1. The molecular formula is C25H25N3O6S. The number of nitrogens with one attached hydrogen (secondary N) is 2. The lowest BCUT2D eigenvalue weighted by Gasteiger charge is -2.28. The molecule has 2 amide bonds. The number of nitrogens with zero attached hydrogens (tertiary/aromatic N) is 1. The Morgan fingerprint density at radius 1 is 0.886 bits per heavy atom. The molecule has 1 aliphatic rings. The first-order chi connectivity index (χ1) is 16.9. The minimum atomic E-state index is -3.70. The normalized spacial score (nSPS) is 13.4. The number of rotatable bonds is 7. The highest BCUT2D eigenvalue weighted by atomic mass is 32.2. The second kappa shape index (κ2) is 10.6. The lowest BCUT2D eigenvalue weighted by atomic mass is 10.0. The fourth-order valence-electron chi connectivity index (χ4n) is 3.66. The molecular weight excluding hydrogens is 470 g/mol. The van der Waals surface area contributed by atoms with Gasteiger partial charge in [0.1, 0.15) is 11.5 Å². The second-order valence-corrected chi connectivity index (χ2v) is 9.79. The van der Waals surface area contributed by atoms with Crippen LogP contribution < -0.4 is 20.3 Å². The standard InChI is InChI=1S/C25H25N3O6S/c1-33-21-8-10-22(11-9-21)34-17-24(29)26-27-25(30)19-6-12-23(13-7-19)35(31,32)28-15-14-18-4-2-3-5-20(18)16-28/h2-13H,14-17H2,1H3,(H,26,29)(H,27,30). The third-order valence-corrected chi connectivity index (χ3v) is 7.45. The van der Waals surface area contributed by atoms with Crippen LogP contribution in [0.5, 0.6) is 11.5 Å².